The zero-order chi connectivity index (χ0) is 18.0. The van der Waals surface area contributed by atoms with Crippen LogP contribution in [0, 0.1) is 12.8 Å². The van der Waals surface area contributed by atoms with Crippen LogP contribution in [0.2, 0.25) is 0 Å². The van der Waals surface area contributed by atoms with Gasteiger partial charge in [0.2, 0.25) is 15.9 Å². The van der Waals surface area contributed by atoms with Crippen LogP contribution in [0.5, 0.6) is 0 Å². The molecule has 1 atom stereocenters. The van der Waals surface area contributed by atoms with Gasteiger partial charge in [-0.25, -0.2) is 12.7 Å². The number of amides is 1. The zero-order valence-electron chi connectivity index (χ0n) is 14.8. The lowest BCUT2D eigenvalue weighted by Crippen LogP contribution is -2.48. The van der Waals surface area contributed by atoms with Crippen LogP contribution in [0.3, 0.4) is 0 Å². The van der Waals surface area contributed by atoms with Gasteiger partial charge in [0, 0.05) is 25.6 Å². The Kier molecular flexibility index (Phi) is 5.46. The van der Waals surface area contributed by atoms with Crippen molar-refractivity contribution in [2.24, 2.45) is 5.92 Å². The molecular weight excluding hydrogens is 340 g/mol. The van der Waals surface area contributed by atoms with E-state index in [0.29, 0.717) is 45.6 Å². The second-order valence-electron chi connectivity index (χ2n) is 6.99. The van der Waals surface area contributed by atoms with Gasteiger partial charge in [-0.2, -0.15) is 0 Å². The molecule has 0 spiro atoms. The molecule has 138 valence electrons. The number of nitrogens with zero attached hydrogens (tertiary/aromatic N) is 2. The SMILES string of the molecule is Cc1ccc(C2CN(C(=O)C3CCN(S(C)(=O)=O)CC3)CCO2)cc1. The molecule has 0 aromatic heterocycles. The maximum atomic E-state index is 12.8. The Morgan fingerprint density at radius 1 is 1.12 bits per heavy atom. The molecule has 1 amide bonds. The van der Waals surface area contributed by atoms with Gasteiger partial charge in [0.15, 0.2) is 0 Å². The molecular formula is C18H26N2O4S. The average Bonchev–Trinajstić information content (AvgIpc) is 2.61. The molecule has 0 bridgehead atoms. The second-order valence-corrected chi connectivity index (χ2v) is 8.97. The van der Waals surface area contributed by atoms with Crippen LogP contribution >= 0.6 is 0 Å². The van der Waals surface area contributed by atoms with Crippen molar-refractivity contribution in [1.82, 2.24) is 9.21 Å². The van der Waals surface area contributed by atoms with Crippen molar-refractivity contribution in [3.8, 4) is 0 Å². The molecule has 2 fully saturated rings. The minimum absolute atomic E-state index is 0.0882. The lowest BCUT2D eigenvalue weighted by molar-refractivity contribution is -0.144. The van der Waals surface area contributed by atoms with Crippen LogP contribution in [0.25, 0.3) is 0 Å². The number of morpholine rings is 1. The summed E-state index contributed by atoms with van der Waals surface area (Å²) in [4.78, 5) is 14.7. The highest BCUT2D eigenvalue weighted by molar-refractivity contribution is 7.88. The van der Waals surface area contributed by atoms with E-state index in [4.69, 9.17) is 4.74 Å². The summed E-state index contributed by atoms with van der Waals surface area (Å²) >= 11 is 0. The summed E-state index contributed by atoms with van der Waals surface area (Å²) in [6.45, 7) is 4.61. The van der Waals surface area contributed by atoms with E-state index in [1.54, 1.807) is 0 Å². The summed E-state index contributed by atoms with van der Waals surface area (Å²) in [5.41, 5.74) is 2.29. The molecule has 0 N–H and O–H groups in total. The van der Waals surface area contributed by atoms with Crippen LogP contribution in [0.15, 0.2) is 24.3 Å². The summed E-state index contributed by atoms with van der Waals surface area (Å²) in [6, 6.07) is 8.22. The Balaban J connectivity index is 1.60. The van der Waals surface area contributed by atoms with Crippen molar-refractivity contribution in [2.45, 2.75) is 25.9 Å². The van der Waals surface area contributed by atoms with Gasteiger partial charge < -0.3 is 9.64 Å². The monoisotopic (exact) mass is 366 g/mol. The first kappa shape index (κ1) is 18.4. The molecule has 1 aromatic carbocycles. The maximum absolute atomic E-state index is 12.8. The number of benzene rings is 1. The predicted octanol–water partition coefficient (Wildman–Crippen LogP) is 1.57. The fourth-order valence-corrected chi connectivity index (χ4v) is 4.40. The van der Waals surface area contributed by atoms with Crippen molar-refractivity contribution in [3.63, 3.8) is 0 Å². The Labute approximate surface area is 149 Å². The Hall–Kier alpha value is -1.44. The van der Waals surface area contributed by atoms with Gasteiger partial charge in [-0.15, -0.1) is 0 Å². The minimum Gasteiger partial charge on any atom is -0.370 e. The first-order valence-corrected chi connectivity index (χ1v) is 10.6. The third-order valence-electron chi connectivity index (χ3n) is 5.10. The Morgan fingerprint density at radius 2 is 1.76 bits per heavy atom. The molecule has 0 radical (unpaired) electrons. The molecule has 0 saturated carbocycles. The highest BCUT2D eigenvalue weighted by Crippen LogP contribution is 2.26. The van der Waals surface area contributed by atoms with Crippen LogP contribution in [-0.4, -0.2) is 62.6 Å². The quantitative estimate of drug-likeness (QED) is 0.814. The first-order chi connectivity index (χ1) is 11.8. The van der Waals surface area contributed by atoms with E-state index in [2.05, 4.69) is 24.3 Å². The number of aryl methyl sites for hydroxylation is 1. The van der Waals surface area contributed by atoms with E-state index in [0.717, 1.165) is 5.56 Å². The van der Waals surface area contributed by atoms with Crippen molar-refractivity contribution < 1.29 is 17.9 Å². The molecule has 3 rings (SSSR count). The normalized spacial score (nSPS) is 23.6. The average molecular weight is 366 g/mol. The molecule has 2 aliphatic heterocycles. The molecule has 2 heterocycles. The van der Waals surface area contributed by atoms with E-state index in [-0.39, 0.29) is 17.9 Å². The number of piperidine rings is 1. The zero-order valence-corrected chi connectivity index (χ0v) is 15.7. The van der Waals surface area contributed by atoms with E-state index in [1.807, 2.05) is 11.8 Å². The van der Waals surface area contributed by atoms with Gasteiger partial charge in [-0.3, -0.25) is 4.79 Å². The highest BCUT2D eigenvalue weighted by Gasteiger charge is 2.33. The minimum atomic E-state index is -3.16. The van der Waals surface area contributed by atoms with Crippen LogP contribution in [0.1, 0.15) is 30.1 Å². The summed E-state index contributed by atoms with van der Waals surface area (Å²) in [5, 5.41) is 0. The lowest BCUT2D eigenvalue weighted by atomic mass is 9.95. The molecule has 6 nitrogen and oxygen atoms in total. The fourth-order valence-electron chi connectivity index (χ4n) is 3.52. The van der Waals surface area contributed by atoms with E-state index in [9.17, 15) is 13.2 Å². The van der Waals surface area contributed by atoms with Gasteiger partial charge in [0.1, 0.15) is 6.10 Å². The van der Waals surface area contributed by atoms with Gasteiger partial charge in [-0.05, 0) is 25.3 Å². The fraction of sp³-hybridized carbons (Fsp3) is 0.611. The summed E-state index contributed by atoms with van der Waals surface area (Å²) in [7, 11) is -3.16. The van der Waals surface area contributed by atoms with Crippen molar-refractivity contribution >= 4 is 15.9 Å². The number of rotatable bonds is 3. The first-order valence-electron chi connectivity index (χ1n) is 8.76. The third-order valence-corrected chi connectivity index (χ3v) is 6.40. The van der Waals surface area contributed by atoms with Crippen LogP contribution in [0.4, 0.5) is 0 Å². The van der Waals surface area contributed by atoms with E-state index < -0.39 is 10.0 Å². The van der Waals surface area contributed by atoms with E-state index >= 15 is 0 Å². The lowest BCUT2D eigenvalue weighted by Gasteiger charge is -2.37. The number of carbonyl (C=O) groups is 1. The molecule has 2 saturated heterocycles. The topological polar surface area (TPSA) is 66.9 Å². The molecule has 2 aliphatic rings. The number of ether oxygens (including phenoxy) is 1. The summed E-state index contributed by atoms with van der Waals surface area (Å²) < 4.78 is 30.5. The Morgan fingerprint density at radius 3 is 2.36 bits per heavy atom. The number of sulfonamides is 1. The van der Waals surface area contributed by atoms with Crippen molar-refractivity contribution in [2.75, 3.05) is 39.0 Å². The largest absolute Gasteiger partial charge is 0.370 e. The van der Waals surface area contributed by atoms with Crippen LogP contribution in [-0.2, 0) is 19.6 Å². The number of hydrogen-bond acceptors (Lipinski definition) is 4. The molecule has 7 heteroatoms. The second kappa shape index (κ2) is 7.43. The van der Waals surface area contributed by atoms with Crippen molar-refractivity contribution in [3.05, 3.63) is 35.4 Å². The number of carbonyl (C=O) groups excluding carboxylic acids is 1. The predicted molar refractivity (Wildman–Crippen MR) is 95.6 cm³/mol. The van der Waals surface area contributed by atoms with Crippen LogP contribution < -0.4 is 0 Å². The maximum Gasteiger partial charge on any atom is 0.225 e. The summed E-state index contributed by atoms with van der Waals surface area (Å²) in [5.74, 6) is 0.0448. The van der Waals surface area contributed by atoms with E-state index in [1.165, 1.54) is 16.1 Å². The standard InChI is InChI=1S/C18H26N2O4S/c1-14-3-5-15(6-4-14)17-13-19(11-12-24-17)18(21)16-7-9-20(10-8-16)25(2,22)23/h3-6,16-17H,7-13H2,1-2H3. The molecule has 0 aliphatic carbocycles. The van der Waals surface area contributed by atoms with Gasteiger partial charge in [-0.1, -0.05) is 29.8 Å². The van der Waals surface area contributed by atoms with Crippen molar-refractivity contribution in [1.29, 1.82) is 0 Å². The molecule has 1 aromatic rings. The third kappa shape index (κ3) is 4.40. The smallest absolute Gasteiger partial charge is 0.225 e. The van der Waals surface area contributed by atoms with Gasteiger partial charge in [0.25, 0.3) is 0 Å². The summed E-state index contributed by atoms with van der Waals surface area (Å²) in [6.07, 6.45) is 2.33. The van der Waals surface area contributed by atoms with Gasteiger partial charge >= 0.3 is 0 Å². The van der Waals surface area contributed by atoms with Gasteiger partial charge in [0.05, 0.1) is 19.4 Å². The molecule has 1 unspecified atom stereocenters. The number of hydrogen-bond donors (Lipinski definition) is 0. The Bertz CT molecular complexity index is 709. The highest BCUT2D eigenvalue weighted by atomic mass is 32.2. The molecule has 25 heavy (non-hydrogen) atoms.